The van der Waals surface area contributed by atoms with E-state index < -0.39 is 0 Å². The Bertz CT molecular complexity index is 904. The van der Waals surface area contributed by atoms with Crippen LogP contribution in [-0.4, -0.2) is 26.2 Å². The van der Waals surface area contributed by atoms with Gasteiger partial charge in [0.25, 0.3) is 0 Å². The lowest BCUT2D eigenvalue weighted by atomic mass is 9.86. The van der Waals surface area contributed by atoms with E-state index in [-0.39, 0.29) is 18.0 Å². The highest BCUT2D eigenvalue weighted by atomic mass is 32.1. The molecule has 1 amide bonds. The predicted molar refractivity (Wildman–Crippen MR) is 115 cm³/mol. The van der Waals surface area contributed by atoms with Crippen molar-refractivity contribution >= 4 is 34.3 Å². The second kappa shape index (κ2) is 9.23. The number of hydrogen-bond acceptors (Lipinski definition) is 3. The molecule has 1 aliphatic rings. The number of fused-ring (bicyclic) bond motifs is 1. The monoisotopic (exact) mass is 403 g/mol. The molecule has 3 N–H and O–H groups in total. The molecule has 28 heavy (non-hydrogen) atoms. The van der Waals surface area contributed by atoms with Gasteiger partial charge in [0, 0.05) is 25.6 Å². The number of hydrogen-bond donors (Lipinski definition) is 3. The average molecular weight is 404 g/mol. The van der Waals surface area contributed by atoms with E-state index in [4.69, 9.17) is 12.2 Å². The zero-order chi connectivity index (χ0) is 20.1. The second-order valence-corrected chi connectivity index (χ2v) is 7.84. The molecule has 2 unspecified atom stereocenters. The molecule has 2 atom stereocenters. The lowest BCUT2D eigenvalue weighted by Gasteiger charge is -2.30. The Hall–Kier alpha value is -2.35. The molecule has 1 aliphatic carbocycles. The molecule has 1 fully saturated rings. The average Bonchev–Trinajstić information content (AvgIpc) is 2.97. The van der Waals surface area contributed by atoms with Crippen molar-refractivity contribution < 1.29 is 4.79 Å². The van der Waals surface area contributed by atoms with Crippen LogP contribution in [0.5, 0.6) is 0 Å². The van der Waals surface area contributed by atoms with Crippen molar-refractivity contribution in [3.8, 4) is 0 Å². The van der Waals surface area contributed by atoms with Crippen molar-refractivity contribution in [1.29, 1.82) is 0 Å². The summed E-state index contributed by atoms with van der Waals surface area (Å²) in [6.07, 6.45) is 4.96. The zero-order valence-electron chi connectivity index (χ0n) is 16.5. The highest BCUT2D eigenvalue weighted by Gasteiger charge is 2.21. The number of para-hydroxylation sites is 2. The van der Waals surface area contributed by atoms with Gasteiger partial charge < -0.3 is 5.32 Å². The summed E-state index contributed by atoms with van der Waals surface area (Å²) >= 11 is 5.29. The maximum absolute atomic E-state index is 12.6. The van der Waals surface area contributed by atoms with Crippen LogP contribution in [0.25, 0.3) is 11.0 Å². The number of carbonyl (C=O) groups excluding carboxylic acids is 1. The van der Waals surface area contributed by atoms with Gasteiger partial charge in [0.1, 0.15) is 0 Å². The van der Waals surface area contributed by atoms with Crippen LogP contribution < -0.4 is 21.9 Å². The number of benzene rings is 1. The molecule has 1 aromatic carbocycles. The van der Waals surface area contributed by atoms with Crippen molar-refractivity contribution in [3.63, 3.8) is 0 Å². The Labute approximate surface area is 170 Å². The van der Waals surface area contributed by atoms with E-state index in [1.807, 2.05) is 31.2 Å². The number of aromatic nitrogens is 2. The van der Waals surface area contributed by atoms with E-state index in [1.54, 1.807) is 9.13 Å². The van der Waals surface area contributed by atoms with Crippen molar-refractivity contribution in [3.05, 3.63) is 34.7 Å². The SMILES string of the molecule is CCn1c(=O)n(CCC(=O)NNC(=S)NC2CCCCC2C)c2ccccc21. The van der Waals surface area contributed by atoms with Gasteiger partial charge in [0.15, 0.2) is 5.11 Å². The number of aryl methyl sites for hydroxylation is 2. The van der Waals surface area contributed by atoms with Gasteiger partial charge in [-0.3, -0.25) is 24.8 Å². The van der Waals surface area contributed by atoms with Crippen molar-refractivity contribution in [2.45, 2.75) is 65.1 Å². The number of nitrogens with zero attached hydrogens (tertiary/aromatic N) is 2. The van der Waals surface area contributed by atoms with E-state index >= 15 is 0 Å². The molecule has 0 radical (unpaired) electrons. The molecule has 0 spiro atoms. The number of thiocarbonyl (C=S) groups is 1. The third-order valence-electron chi connectivity index (χ3n) is 5.55. The summed E-state index contributed by atoms with van der Waals surface area (Å²) in [7, 11) is 0. The molecule has 0 aliphatic heterocycles. The molecule has 8 heteroatoms. The summed E-state index contributed by atoms with van der Waals surface area (Å²) in [6.45, 7) is 5.08. The van der Waals surface area contributed by atoms with Gasteiger partial charge in [-0.2, -0.15) is 0 Å². The van der Waals surface area contributed by atoms with Crippen LogP contribution in [-0.2, 0) is 17.9 Å². The second-order valence-electron chi connectivity index (χ2n) is 7.43. The zero-order valence-corrected chi connectivity index (χ0v) is 17.3. The molecule has 3 rings (SSSR count). The minimum absolute atomic E-state index is 0.0899. The van der Waals surface area contributed by atoms with Crippen LogP contribution in [0.4, 0.5) is 0 Å². The third-order valence-corrected chi connectivity index (χ3v) is 5.77. The van der Waals surface area contributed by atoms with Crippen LogP contribution in [0.15, 0.2) is 29.1 Å². The molecular weight excluding hydrogens is 374 g/mol. The van der Waals surface area contributed by atoms with Gasteiger partial charge in [0.05, 0.1) is 11.0 Å². The first-order valence-electron chi connectivity index (χ1n) is 10.0. The number of imidazole rings is 1. The summed E-state index contributed by atoms with van der Waals surface area (Å²) in [6, 6.07) is 7.99. The molecule has 1 saturated carbocycles. The largest absolute Gasteiger partial charge is 0.358 e. The standard InChI is InChI=1S/C20H29N5O2S/c1-3-24-16-10-6-7-11-17(16)25(20(24)27)13-12-18(26)22-23-19(28)21-15-9-5-4-8-14(15)2/h6-7,10-11,14-15H,3-5,8-9,12-13H2,1-2H3,(H,22,26)(H2,21,23,28). The molecule has 1 aromatic heterocycles. The van der Waals surface area contributed by atoms with Crippen LogP contribution in [0, 0.1) is 5.92 Å². The summed E-state index contributed by atoms with van der Waals surface area (Å²) in [5.41, 5.74) is 7.06. The molecule has 2 aromatic rings. The minimum atomic E-state index is -0.207. The Morgan fingerprint density at radius 3 is 2.50 bits per heavy atom. The van der Waals surface area contributed by atoms with Crippen LogP contribution in [0.2, 0.25) is 0 Å². The van der Waals surface area contributed by atoms with Crippen molar-refractivity contribution in [2.24, 2.45) is 5.92 Å². The number of nitrogens with one attached hydrogen (secondary N) is 3. The summed E-state index contributed by atoms with van der Waals surface area (Å²) in [5.74, 6) is 0.369. The molecule has 0 saturated heterocycles. The van der Waals surface area contributed by atoms with Crippen LogP contribution in [0.3, 0.4) is 0 Å². The Kier molecular flexibility index (Phi) is 6.72. The van der Waals surface area contributed by atoms with Gasteiger partial charge in [-0.1, -0.05) is 31.9 Å². The normalized spacial score (nSPS) is 19.4. The third kappa shape index (κ3) is 4.55. The molecule has 7 nitrogen and oxygen atoms in total. The Morgan fingerprint density at radius 2 is 1.82 bits per heavy atom. The number of amides is 1. The van der Waals surface area contributed by atoms with Gasteiger partial charge in [0.2, 0.25) is 5.91 Å². The highest BCUT2D eigenvalue weighted by molar-refractivity contribution is 7.80. The van der Waals surface area contributed by atoms with Crippen LogP contribution in [0.1, 0.15) is 46.0 Å². The fourth-order valence-electron chi connectivity index (χ4n) is 3.93. The van der Waals surface area contributed by atoms with Crippen LogP contribution >= 0.6 is 12.2 Å². The quantitative estimate of drug-likeness (QED) is 0.527. The number of hydrazine groups is 1. The van der Waals surface area contributed by atoms with Gasteiger partial charge in [-0.15, -0.1) is 0 Å². The number of carbonyl (C=O) groups is 1. The van der Waals surface area contributed by atoms with E-state index in [0.29, 0.717) is 30.2 Å². The molecule has 0 bridgehead atoms. The van der Waals surface area contributed by atoms with Crippen molar-refractivity contribution in [1.82, 2.24) is 25.3 Å². The topological polar surface area (TPSA) is 80.1 Å². The number of rotatable bonds is 5. The van der Waals surface area contributed by atoms with E-state index in [9.17, 15) is 9.59 Å². The lowest BCUT2D eigenvalue weighted by molar-refractivity contribution is -0.121. The first-order valence-corrected chi connectivity index (χ1v) is 10.5. The smallest absolute Gasteiger partial charge is 0.329 e. The van der Waals surface area contributed by atoms with E-state index in [0.717, 1.165) is 17.5 Å². The first kappa shape index (κ1) is 20.4. The summed E-state index contributed by atoms with van der Waals surface area (Å²) in [5, 5.41) is 3.73. The predicted octanol–water partition coefficient (Wildman–Crippen LogP) is 2.29. The molecule has 1 heterocycles. The summed E-state index contributed by atoms with van der Waals surface area (Å²) < 4.78 is 3.37. The molecular formula is C20H29N5O2S. The minimum Gasteiger partial charge on any atom is -0.358 e. The first-order chi connectivity index (χ1) is 13.5. The van der Waals surface area contributed by atoms with E-state index in [2.05, 4.69) is 23.1 Å². The van der Waals surface area contributed by atoms with E-state index in [1.165, 1.54) is 19.3 Å². The molecule has 152 valence electrons. The fourth-order valence-corrected chi connectivity index (χ4v) is 4.13. The van der Waals surface area contributed by atoms with Gasteiger partial charge in [-0.05, 0) is 50.0 Å². The van der Waals surface area contributed by atoms with Gasteiger partial charge >= 0.3 is 5.69 Å². The Morgan fingerprint density at radius 1 is 1.14 bits per heavy atom. The fraction of sp³-hybridized carbons (Fsp3) is 0.550. The van der Waals surface area contributed by atoms with Crippen molar-refractivity contribution in [2.75, 3.05) is 0 Å². The maximum atomic E-state index is 12.6. The lowest BCUT2D eigenvalue weighted by Crippen LogP contribution is -2.51. The Balaban J connectivity index is 1.52. The summed E-state index contributed by atoms with van der Waals surface area (Å²) in [4.78, 5) is 24.8. The maximum Gasteiger partial charge on any atom is 0.329 e. The van der Waals surface area contributed by atoms with Gasteiger partial charge in [-0.25, -0.2) is 4.79 Å². The highest BCUT2D eigenvalue weighted by Crippen LogP contribution is 2.23.